The summed E-state index contributed by atoms with van der Waals surface area (Å²) < 4.78 is 2.55. The van der Waals surface area contributed by atoms with Gasteiger partial charge >= 0.3 is 0 Å². The number of benzene rings is 14. The summed E-state index contributed by atoms with van der Waals surface area (Å²) in [6.07, 6.45) is 0. The molecule has 0 fully saturated rings. The Balaban J connectivity index is 0.982. The molecule has 1 aromatic heterocycles. The second kappa shape index (κ2) is 19.4. The minimum absolute atomic E-state index is 0.133. The normalized spacial score (nSPS) is 12.5. The molecule has 0 unspecified atom stereocenters. The summed E-state index contributed by atoms with van der Waals surface area (Å²) in [5.74, 6) is 0. The van der Waals surface area contributed by atoms with Gasteiger partial charge in [0.2, 0.25) is 0 Å². The highest BCUT2D eigenvalue weighted by atomic mass is 15.2. The zero-order valence-electron chi connectivity index (χ0n) is 45.9. The largest absolute Gasteiger partial charge is 0.311 e. The maximum atomic E-state index is 2.56. The van der Waals surface area contributed by atoms with Crippen LogP contribution in [0.25, 0.3) is 105 Å². The number of hydrogen-bond acceptors (Lipinski definition) is 2. The Morgan fingerprint density at radius 2 is 0.655 bits per heavy atom. The molecule has 2 aliphatic rings. The van der Waals surface area contributed by atoms with Crippen LogP contribution in [0, 0.1) is 0 Å². The Morgan fingerprint density at radius 3 is 1.19 bits per heavy atom. The van der Waals surface area contributed by atoms with Crippen molar-refractivity contribution in [1.82, 2.24) is 4.57 Å². The molecular formula is C80H52BN3. The van der Waals surface area contributed by atoms with Crippen molar-refractivity contribution in [3.05, 3.63) is 315 Å². The van der Waals surface area contributed by atoms with Crippen LogP contribution in [0.5, 0.6) is 0 Å². The van der Waals surface area contributed by atoms with Gasteiger partial charge in [-0.05, 0) is 160 Å². The second-order valence-electron chi connectivity index (χ2n) is 22.4. The summed E-state index contributed by atoms with van der Waals surface area (Å²) in [5, 5.41) is 7.40. The second-order valence-corrected chi connectivity index (χ2v) is 22.4. The van der Waals surface area contributed by atoms with Crippen LogP contribution in [0.4, 0.5) is 34.1 Å². The first-order valence-electron chi connectivity index (χ1n) is 29.1. The molecule has 0 atom stereocenters. The molecule has 2 aliphatic heterocycles. The van der Waals surface area contributed by atoms with Crippen LogP contribution in [-0.2, 0) is 0 Å². The first-order valence-corrected chi connectivity index (χ1v) is 29.1. The minimum Gasteiger partial charge on any atom is -0.311 e. The van der Waals surface area contributed by atoms with Gasteiger partial charge in [0.05, 0.1) is 16.7 Å². The minimum atomic E-state index is -0.133. The van der Waals surface area contributed by atoms with Crippen LogP contribution < -0.4 is 26.2 Å². The van der Waals surface area contributed by atoms with E-state index in [0.29, 0.717) is 0 Å². The quantitative estimate of drug-likeness (QED) is 0.141. The molecule has 390 valence electrons. The fraction of sp³-hybridized carbons (Fsp3) is 0. The molecule has 0 saturated carbocycles. The summed E-state index contributed by atoms with van der Waals surface area (Å²) in [6.45, 7) is -0.133. The number of nitrogens with zero attached hydrogens (tertiary/aromatic N) is 3. The van der Waals surface area contributed by atoms with E-state index >= 15 is 0 Å². The van der Waals surface area contributed by atoms with E-state index in [4.69, 9.17) is 0 Å². The van der Waals surface area contributed by atoms with Crippen LogP contribution >= 0.6 is 0 Å². The van der Waals surface area contributed by atoms with Crippen LogP contribution in [-0.4, -0.2) is 11.3 Å². The lowest BCUT2D eigenvalue weighted by Gasteiger charge is -2.44. The molecule has 0 N–H and O–H groups in total. The molecule has 84 heavy (non-hydrogen) atoms. The van der Waals surface area contributed by atoms with E-state index in [2.05, 4.69) is 330 Å². The third-order valence-electron chi connectivity index (χ3n) is 17.7. The van der Waals surface area contributed by atoms with Gasteiger partial charge in [-0.25, -0.2) is 0 Å². The van der Waals surface area contributed by atoms with E-state index in [1.165, 1.54) is 104 Å². The molecular weight excluding hydrogens is 1010 g/mol. The zero-order valence-corrected chi connectivity index (χ0v) is 45.9. The first kappa shape index (κ1) is 47.8. The Kier molecular flexibility index (Phi) is 11.0. The lowest BCUT2D eigenvalue weighted by molar-refractivity contribution is 1.16. The average Bonchev–Trinajstić information content (AvgIpc) is 1.50. The highest BCUT2D eigenvalue weighted by molar-refractivity contribution is 7.00. The molecule has 3 nitrogen and oxygen atoms in total. The summed E-state index contributed by atoms with van der Waals surface area (Å²) in [5.41, 5.74) is 25.9. The molecule has 14 aromatic carbocycles. The van der Waals surface area contributed by atoms with Crippen LogP contribution in [0.2, 0.25) is 0 Å². The number of fused-ring (bicyclic) bond motifs is 10. The first-order chi connectivity index (χ1) is 41.7. The third-order valence-corrected chi connectivity index (χ3v) is 17.7. The summed E-state index contributed by atoms with van der Waals surface area (Å²) in [7, 11) is 0. The molecule has 0 aliphatic carbocycles. The van der Waals surface area contributed by atoms with Crippen molar-refractivity contribution in [2.75, 3.05) is 9.80 Å². The van der Waals surface area contributed by atoms with E-state index in [1.54, 1.807) is 0 Å². The number of rotatable bonds is 8. The van der Waals surface area contributed by atoms with Crippen molar-refractivity contribution in [2.45, 2.75) is 0 Å². The fourth-order valence-corrected chi connectivity index (χ4v) is 13.9. The maximum absolute atomic E-state index is 2.56. The van der Waals surface area contributed by atoms with Crippen molar-refractivity contribution in [3.8, 4) is 61.3 Å². The molecule has 15 aromatic rings. The zero-order chi connectivity index (χ0) is 55.2. The molecule has 0 saturated heterocycles. The standard InChI is InChI=1S/C80H52BN3/c1-5-18-53(19-6-1)57-32-40-64(41-33-57)82-74-45-37-61(55-22-9-3-10-23-55)49-71(74)81-72-50-62(56-24-11-4-12-25-56)38-46-75(72)83(65-42-34-58(35-43-65)54-20-7-2-8-21-54)78-52-66(51-77(82)80(78)81)84-73-44-39-63(68-31-17-28-59-26-13-15-29-67(59)68)48-70(73)79-69-30-16-14-27-60(69)36-47-76(79)84/h1-52H. The summed E-state index contributed by atoms with van der Waals surface area (Å²) >= 11 is 0. The number of hydrogen-bond donors (Lipinski definition) is 0. The van der Waals surface area contributed by atoms with Crippen LogP contribution in [0.3, 0.4) is 0 Å². The Labute approximate surface area is 488 Å². The molecule has 17 rings (SSSR count). The number of anilines is 6. The van der Waals surface area contributed by atoms with Gasteiger partial charge in [0.1, 0.15) is 0 Å². The third kappa shape index (κ3) is 7.68. The van der Waals surface area contributed by atoms with Gasteiger partial charge in [0, 0.05) is 44.9 Å². The van der Waals surface area contributed by atoms with Crippen molar-refractivity contribution in [2.24, 2.45) is 0 Å². The van der Waals surface area contributed by atoms with Gasteiger partial charge in [-0.15, -0.1) is 0 Å². The smallest absolute Gasteiger partial charge is 0.252 e. The highest BCUT2D eigenvalue weighted by Crippen LogP contribution is 2.49. The van der Waals surface area contributed by atoms with Gasteiger partial charge in [-0.2, -0.15) is 0 Å². The van der Waals surface area contributed by atoms with E-state index in [0.717, 1.165) is 50.8 Å². The maximum Gasteiger partial charge on any atom is 0.252 e. The molecule has 4 heteroatoms. The Morgan fingerprint density at radius 1 is 0.238 bits per heavy atom. The number of aromatic nitrogens is 1. The highest BCUT2D eigenvalue weighted by Gasteiger charge is 2.44. The SMILES string of the molecule is c1ccc(-c2ccc(N3c4ccc(-c5ccccc5)cc4B4c5cc(-c6ccccc6)ccc5N(c5ccc(-c6ccccc6)cc5)c5cc(-n6c7ccc(-c8cccc9ccccc89)cc7c7c8ccccc8ccc76)cc3c54)cc2)cc1. The van der Waals surface area contributed by atoms with Crippen molar-refractivity contribution in [1.29, 1.82) is 0 Å². The van der Waals surface area contributed by atoms with Gasteiger partial charge in [0.25, 0.3) is 6.71 Å². The topological polar surface area (TPSA) is 11.4 Å². The summed E-state index contributed by atoms with van der Waals surface area (Å²) in [6, 6.07) is 117. The van der Waals surface area contributed by atoms with Crippen LogP contribution in [0.15, 0.2) is 315 Å². The van der Waals surface area contributed by atoms with E-state index in [9.17, 15) is 0 Å². The van der Waals surface area contributed by atoms with E-state index in [-0.39, 0.29) is 6.71 Å². The predicted octanol–water partition coefficient (Wildman–Crippen LogP) is 19.5. The van der Waals surface area contributed by atoms with E-state index in [1.807, 2.05) is 0 Å². The van der Waals surface area contributed by atoms with Crippen LogP contribution in [0.1, 0.15) is 0 Å². The van der Waals surface area contributed by atoms with Crippen molar-refractivity contribution >= 4 is 101 Å². The van der Waals surface area contributed by atoms with Gasteiger partial charge in [0.15, 0.2) is 0 Å². The fourth-order valence-electron chi connectivity index (χ4n) is 13.9. The predicted molar refractivity (Wildman–Crippen MR) is 357 cm³/mol. The van der Waals surface area contributed by atoms with Crippen molar-refractivity contribution < 1.29 is 0 Å². The average molecular weight is 1070 g/mol. The summed E-state index contributed by atoms with van der Waals surface area (Å²) in [4.78, 5) is 5.12. The molecule has 0 spiro atoms. The van der Waals surface area contributed by atoms with Crippen molar-refractivity contribution in [3.63, 3.8) is 0 Å². The van der Waals surface area contributed by atoms with Gasteiger partial charge in [-0.3, -0.25) is 0 Å². The van der Waals surface area contributed by atoms with E-state index < -0.39 is 0 Å². The molecule has 0 amide bonds. The lowest BCUT2D eigenvalue weighted by Crippen LogP contribution is -2.61. The van der Waals surface area contributed by atoms with Gasteiger partial charge in [-0.1, -0.05) is 249 Å². The molecule has 0 radical (unpaired) electrons. The van der Waals surface area contributed by atoms with Gasteiger partial charge < -0.3 is 14.4 Å². The molecule has 0 bridgehead atoms. The Hall–Kier alpha value is -10.9. The lowest BCUT2D eigenvalue weighted by atomic mass is 9.33. The molecule has 3 heterocycles. The Bertz CT molecular complexity index is 4850. The monoisotopic (exact) mass is 1070 g/mol.